The zero-order valence-corrected chi connectivity index (χ0v) is 13.4. The lowest BCUT2D eigenvalue weighted by molar-refractivity contribution is 0.255. The van der Waals surface area contributed by atoms with Crippen molar-refractivity contribution in [2.45, 2.75) is 25.3 Å². The maximum Gasteiger partial charge on any atom is 0.346 e. The lowest BCUT2D eigenvalue weighted by Gasteiger charge is -2.15. The molecule has 1 radical (unpaired) electrons. The summed E-state index contributed by atoms with van der Waals surface area (Å²) in [7, 11) is 0. The standard InChI is InChI=1S/C19H20N3O2/c23-19-21-16-10-14(9-13-5-2-1-3-6-13)11-17(18(16)22-19)24-12-15-7-4-8-20-15/h1-3,5-6,10-11,15,20H,4,7-9,12H2,(H,21,23)/t15-/m1/s1. The molecule has 0 bridgehead atoms. The maximum absolute atomic E-state index is 11.6. The topological polar surface area (TPSA) is 64.5 Å². The fourth-order valence-corrected chi connectivity index (χ4v) is 3.25. The summed E-state index contributed by atoms with van der Waals surface area (Å²) in [6.07, 6.45) is 3.10. The van der Waals surface area contributed by atoms with Crippen LogP contribution in [0.4, 0.5) is 16.2 Å². The molecule has 0 aliphatic carbocycles. The van der Waals surface area contributed by atoms with E-state index in [1.54, 1.807) is 0 Å². The first-order valence-corrected chi connectivity index (χ1v) is 8.38. The number of urea groups is 1. The van der Waals surface area contributed by atoms with Gasteiger partial charge in [0, 0.05) is 6.04 Å². The van der Waals surface area contributed by atoms with Gasteiger partial charge in [-0.1, -0.05) is 30.3 Å². The molecule has 5 nitrogen and oxygen atoms in total. The van der Waals surface area contributed by atoms with Gasteiger partial charge in [-0.2, -0.15) is 5.32 Å². The fourth-order valence-electron chi connectivity index (χ4n) is 3.25. The highest BCUT2D eigenvalue weighted by Gasteiger charge is 2.25. The van der Waals surface area contributed by atoms with Crippen LogP contribution < -0.4 is 20.7 Å². The number of fused-ring (bicyclic) bond motifs is 1. The van der Waals surface area contributed by atoms with Gasteiger partial charge in [-0.3, -0.25) is 0 Å². The summed E-state index contributed by atoms with van der Waals surface area (Å²) in [5.41, 5.74) is 3.69. The highest BCUT2D eigenvalue weighted by molar-refractivity contribution is 6.04. The quantitative estimate of drug-likeness (QED) is 0.888. The van der Waals surface area contributed by atoms with Crippen molar-refractivity contribution in [3.05, 3.63) is 53.6 Å². The summed E-state index contributed by atoms with van der Waals surface area (Å²) in [4.78, 5) is 11.6. The van der Waals surface area contributed by atoms with Crippen molar-refractivity contribution in [1.29, 1.82) is 0 Å². The first-order chi connectivity index (χ1) is 11.8. The van der Waals surface area contributed by atoms with Crippen LogP contribution in [-0.4, -0.2) is 25.2 Å². The minimum absolute atomic E-state index is 0.328. The maximum atomic E-state index is 11.6. The summed E-state index contributed by atoms with van der Waals surface area (Å²) >= 11 is 0. The van der Waals surface area contributed by atoms with Crippen molar-refractivity contribution in [1.82, 2.24) is 10.6 Å². The van der Waals surface area contributed by atoms with Crippen LogP contribution in [0.3, 0.4) is 0 Å². The van der Waals surface area contributed by atoms with Gasteiger partial charge in [0.2, 0.25) is 0 Å². The molecular formula is C19H20N3O2. The molecule has 5 heteroatoms. The molecule has 2 aromatic carbocycles. The average Bonchev–Trinajstić information content (AvgIpc) is 3.22. The number of nitrogens with zero attached hydrogens (tertiary/aromatic N) is 1. The van der Waals surface area contributed by atoms with Gasteiger partial charge in [0.05, 0.1) is 5.69 Å². The number of anilines is 1. The summed E-state index contributed by atoms with van der Waals surface area (Å²) in [6.45, 7) is 1.65. The van der Waals surface area contributed by atoms with Gasteiger partial charge >= 0.3 is 6.03 Å². The van der Waals surface area contributed by atoms with Crippen LogP contribution in [0.25, 0.3) is 0 Å². The van der Waals surface area contributed by atoms with Crippen molar-refractivity contribution in [2.75, 3.05) is 18.5 Å². The van der Waals surface area contributed by atoms with E-state index in [9.17, 15) is 4.79 Å². The second-order valence-electron chi connectivity index (χ2n) is 6.30. The molecule has 0 spiro atoms. The van der Waals surface area contributed by atoms with Crippen LogP contribution in [0.2, 0.25) is 0 Å². The number of carbonyl (C=O) groups is 1. The number of ether oxygens (including phenoxy) is 1. The van der Waals surface area contributed by atoms with Crippen molar-refractivity contribution in [3.8, 4) is 5.75 Å². The minimum Gasteiger partial charge on any atom is -0.490 e. The Kier molecular flexibility index (Phi) is 4.09. The number of nitrogens with one attached hydrogen (secondary N) is 2. The Labute approximate surface area is 141 Å². The molecule has 123 valence electrons. The summed E-state index contributed by atoms with van der Waals surface area (Å²) in [6, 6.07) is 14.3. The van der Waals surface area contributed by atoms with Gasteiger partial charge in [-0.15, -0.1) is 0 Å². The number of rotatable bonds is 5. The van der Waals surface area contributed by atoms with Gasteiger partial charge in [-0.25, -0.2) is 4.79 Å². The molecule has 4 rings (SSSR count). The Morgan fingerprint density at radius 1 is 1.17 bits per heavy atom. The summed E-state index contributed by atoms with van der Waals surface area (Å²) < 4.78 is 6.01. The molecule has 2 aliphatic heterocycles. The van der Waals surface area contributed by atoms with Gasteiger partial charge in [0.25, 0.3) is 0 Å². The Bertz CT molecular complexity index is 740. The third-order valence-electron chi connectivity index (χ3n) is 4.44. The zero-order valence-electron chi connectivity index (χ0n) is 13.4. The number of hydrogen-bond donors (Lipinski definition) is 2. The van der Waals surface area contributed by atoms with Gasteiger partial charge in [-0.05, 0) is 49.1 Å². The van der Waals surface area contributed by atoms with E-state index in [-0.39, 0.29) is 6.03 Å². The largest absolute Gasteiger partial charge is 0.490 e. The molecule has 2 N–H and O–H groups in total. The zero-order chi connectivity index (χ0) is 16.4. The predicted octanol–water partition coefficient (Wildman–Crippen LogP) is 3.19. The summed E-state index contributed by atoms with van der Waals surface area (Å²) in [5, 5.41) is 10.3. The van der Waals surface area contributed by atoms with Crippen molar-refractivity contribution >= 4 is 17.4 Å². The van der Waals surface area contributed by atoms with Crippen LogP contribution in [0.1, 0.15) is 24.0 Å². The third-order valence-corrected chi connectivity index (χ3v) is 4.44. The van der Waals surface area contributed by atoms with Gasteiger partial charge < -0.3 is 15.4 Å². The van der Waals surface area contributed by atoms with Crippen molar-refractivity contribution in [3.63, 3.8) is 0 Å². The van der Waals surface area contributed by atoms with E-state index in [1.807, 2.05) is 30.3 Å². The summed E-state index contributed by atoms with van der Waals surface area (Å²) in [5.74, 6) is 0.686. The lowest BCUT2D eigenvalue weighted by atomic mass is 10.0. The second kappa shape index (κ2) is 6.53. The SMILES string of the molecule is O=C1[N]c2c(cc(Cc3ccccc3)cc2OC[C@H]2CCCN2)N1. The van der Waals surface area contributed by atoms with E-state index in [2.05, 4.69) is 28.1 Å². The van der Waals surface area contributed by atoms with Crippen LogP contribution in [0.15, 0.2) is 42.5 Å². The highest BCUT2D eigenvalue weighted by Crippen LogP contribution is 2.39. The van der Waals surface area contributed by atoms with E-state index in [0.29, 0.717) is 24.1 Å². The van der Waals surface area contributed by atoms with Crippen molar-refractivity contribution < 1.29 is 9.53 Å². The van der Waals surface area contributed by atoms with E-state index >= 15 is 0 Å². The van der Waals surface area contributed by atoms with Crippen LogP contribution >= 0.6 is 0 Å². The third kappa shape index (κ3) is 3.21. The lowest BCUT2D eigenvalue weighted by Crippen LogP contribution is -2.28. The van der Waals surface area contributed by atoms with Crippen LogP contribution in [0, 0.1) is 0 Å². The van der Waals surface area contributed by atoms with Gasteiger partial charge in [0.15, 0.2) is 0 Å². The minimum atomic E-state index is -0.328. The normalized spacial score (nSPS) is 18.8. The first kappa shape index (κ1) is 15.0. The van der Waals surface area contributed by atoms with E-state index in [4.69, 9.17) is 4.74 Å². The molecule has 0 aromatic heterocycles. The second-order valence-corrected chi connectivity index (χ2v) is 6.30. The Morgan fingerprint density at radius 2 is 2.04 bits per heavy atom. The van der Waals surface area contributed by atoms with E-state index in [0.717, 1.165) is 30.6 Å². The molecule has 2 amide bonds. The number of hydrogen-bond acceptors (Lipinski definition) is 3. The average molecular weight is 322 g/mol. The molecule has 2 aliphatic rings. The van der Waals surface area contributed by atoms with Crippen molar-refractivity contribution in [2.24, 2.45) is 0 Å². The molecule has 2 heterocycles. The number of carbonyl (C=O) groups excluding carboxylic acids is 1. The fraction of sp³-hybridized carbons (Fsp3) is 0.316. The van der Waals surface area contributed by atoms with E-state index in [1.165, 1.54) is 12.0 Å². The highest BCUT2D eigenvalue weighted by atomic mass is 16.5. The number of amides is 2. The Balaban J connectivity index is 1.57. The molecule has 2 aromatic rings. The molecule has 0 unspecified atom stereocenters. The smallest absolute Gasteiger partial charge is 0.346 e. The predicted molar refractivity (Wildman–Crippen MR) is 93.0 cm³/mol. The molecule has 24 heavy (non-hydrogen) atoms. The molecule has 0 saturated carbocycles. The first-order valence-electron chi connectivity index (χ1n) is 8.38. The van der Waals surface area contributed by atoms with Crippen LogP contribution in [0.5, 0.6) is 5.75 Å². The monoisotopic (exact) mass is 322 g/mol. The van der Waals surface area contributed by atoms with Crippen LogP contribution in [-0.2, 0) is 6.42 Å². The molecule has 1 atom stereocenters. The Morgan fingerprint density at radius 3 is 2.83 bits per heavy atom. The molecule has 1 fully saturated rings. The van der Waals surface area contributed by atoms with E-state index < -0.39 is 0 Å². The molecule has 1 saturated heterocycles. The Hall–Kier alpha value is -2.53. The van der Waals surface area contributed by atoms with Gasteiger partial charge in [0.1, 0.15) is 18.0 Å². The molecular weight excluding hydrogens is 302 g/mol. The number of benzene rings is 2.